The van der Waals surface area contributed by atoms with Gasteiger partial charge >= 0.3 is 5.97 Å². The van der Waals surface area contributed by atoms with Gasteiger partial charge in [0.2, 0.25) is 5.91 Å². The average Bonchev–Trinajstić information content (AvgIpc) is 3.14. The van der Waals surface area contributed by atoms with E-state index in [0.29, 0.717) is 50.8 Å². The number of benzene rings is 2. The molecule has 0 unspecified atom stereocenters. The number of halogens is 1. The Hall–Kier alpha value is -3.39. The SMILES string of the molecule is COCCN(C(=O)CCc1ccccc1OC)[C@H]1CCc2c(c3cc(F)ccc3n2CC(=O)O)C1. The normalized spacial score (nSPS) is 15.1. The highest BCUT2D eigenvalue weighted by Gasteiger charge is 2.31. The van der Waals surface area contributed by atoms with Crippen LogP contribution in [0.5, 0.6) is 5.75 Å². The molecule has 0 fully saturated rings. The molecular formula is C27H31FN2O5. The second-order valence-corrected chi connectivity index (χ2v) is 8.86. The molecule has 1 atom stereocenters. The van der Waals surface area contributed by atoms with Gasteiger partial charge in [0.15, 0.2) is 0 Å². The van der Waals surface area contributed by atoms with E-state index in [-0.39, 0.29) is 24.3 Å². The molecule has 0 spiro atoms. The van der Waals surface area contributed by atoms with Crippen LogP contribution < -0.4 is 4.74 Å². The molecule has 1 amide bonds. The minimum Gasteiger partial charge on any atom is -0.496 e. The van der Waals surface area contributed by atoms with E-state index in [9.17, 15) is 19.1 Å². The van der Waals surface area contributed by atoms with E-state index in [2.05, 4.69) is 0 Å². The van der Waals surface area contributed by atoms with Crippen molar-refractivity contribution in [1.82, 2.24) is 9.47 Å². The number of methoxy groups -OCH3 is 2. The number of para-hydroxylation sites is 1. The zero-order valence-corrected chi connectivity index (χ0v) is 20.1. The lowest BCUT2D eigenvalue weighted by Crippen LogP contribution is -2.45. The van der Waals surface area contributed by atoms with Gasteiger partial charge in [-0.05, 0) is 61.1 Å². The number of fused-ring (bicyclic) bond motifs is 3. The molecule has 1 N–H and O–H groups in total. The van der Waals surface area contributed by atoms with Crippen LogP contribution in [-0.2, 0) is 40.1 Å². The molecule has 1 heterocycles. The average molecular weight is 483 g/mol. The van der Waals surface area contributed by atoms with Gasteiger partial charge in [-0.3, -0.25) is 9.59 Å². The summed E-state index contributed by atoms with van der Waals surface area (Å²) >= 11 is 0. The fourth-order valence-corrected chi connectivity index (χ4v) is 5.18. The van der Waals surface area contributed by atoms with Crippen molar-refractivity contribution in [1.29, 1.82) is 0 Å². The number of nitrogens with zero attached hydrogens (tertiary/aromatic N) is 2. The Morgan fingerprint density at radius 3 is 2.74 bits per heavy atom. The molecule has 35 heavy (non-hydrogen) atoms. The van der Waals surface area contributed by atoms with Gasteiger partial charge in [-0.25, -0.2) is 4.39 Å². The van der Waals surface area contributed by atoms with Crippen LogP contribution in [0.3, 0.4) is 0 Å². The first kappa shape index (κ1) is 24.7. The second kappa shape index (κ2) is 10.9. The van der Waals surface area contributed by atoms with Gasteiger partial charge < -0.3 is 24.0 Å². The maximum Gasteiger partial charge on any atom is 0.323 e. The van der Waals surface area contributed by atoms with E-state index in [1.54, 1.807) is 24.9 Å². The fourth-order valence-electron chi connectivity index (χ4n) is 5.18. The van der Waals surface area contributed by atoms with Crippen molar-refractivity contribution >= 4 is 22.8 Å². The first-order chi connectivity index (χ1) is 16.9. The molecule has 186 valence electrons. The second-order valence-electron chi connectivity index (χ2n) is 8.86. The number of ether oxygens (including phenoxy) is 2. The van der Waals surface area contributed by atoms with Crippen molar-refractivity contribution in [2.45, 2.75) is 44.7 Å². The zero-order valence-electron chi connectivity index (χ0n) is 20.1. The van der Waals surface area contributed by atoms with Crippen LogP contribution in [0.2, 0.25) is 0 Å². The Kier molecular flexibility index (Phi) is 7.70. The summed E-state index contributed by atoms with van der Waals surface area (Å²) in [5, 5.41) is 10.2. The maximum absolute atomic E-state index is 14.1. The molecule has 1 aromatic heterocycles. The van der Waals surface area contributed by atoms with Crippen LogP contribution in [0.15, 0.2) is 42.5 Å². The lowest BCUT2D eigenvalue weighted by molar-refractivity contribution is -0.137. The standard InChI is InChI=1S/C27H31FN2O5/c1-34-14-13-29(26(31)12-7-18-5-3-4-6-25(18)35-2)20-9-11-24-22(16-20)21-15-19(28)8-10-23(21)30(24)17-27(32)33/h3-6,8,10,15,20H,7,9,11-14,16-17H2,1-2H3,(H,32,33)/t20-/m0/s1. The predicted molar refractivity (Wildman–Crippen MR) is 130 cm³/mol. The van der Waals surface area contributed by atoms with Crippen LogP contribution in [-0.4, -0.2) is 59.9 Å². The van der Waals surface area contributed by atoms with Crippen molar-refractivity contribution < 1.29 is 28.6 Å². The van der Waals surface area contributed by atoms with Crippen molar-refractivity contribution in [2.75, 3.05) is 27.4 Å². The molecule has 4 rings (SSSR count). The highest BCUT2D eigenvalue weighted by Crippen LogP contribution is 2.34. The molecule has 8 heteroatoms. The maximum atomic E-state index is 14.1. The Bertz CT molecular complexity index is 1220. The third-order valence-electron chi connectivity index (χ3n) is 6.79. The number of rotatable bonds is 10. The summed E-state index contributed by atoms with van der Waals surface area (Å²) in [6.45, 7) is 0.704. The third-order valence-corrected chi connectivity index (χ3v) is 6.79. The van der Waals surface area contributed by atoms with Crippen molar-refractivity contribution in [3.63, 3.8) is 0 Å². The summed E-state index contributed by atoms with van der Waals surface area (Å²) in [5.41, 5.74) is 3.54. The highest BCUT2D eigenvalue weighted by atomic mass is 19.1. The van der Waals surface area contributed by atoms with Gasteiger partial charge in [-0.2, -0.15) is 0 Å². The molecule has 1 aliphatic carbocycles. The highest BCUT2D eigenvalue weighted by molar-refractivity contribution is 5.87. The smallest absolute Gasteiger partial charge is 0.323 e. The molecular weight excluding hydrogens is 451 g/mol. The minimum absolute atomic E-state index is 0.0295. The number of carbonyl (C=O) groups is 2. The van der Waals surface area contributed by atoms with E-state index >= 15 is 0 Å². The molecule has 0 aliphatic heterocycles. The number of hydrogen-bond acceptors (Lipinski definition) is 4. The minimum atomic E-state index is -0.940. The van der Waals surface area contributed by atoms with Gasteiger partial charge in [0.1, 0.15) is 18.1 Å². The summed E-state index contributed by atoms with van der Waals surface area (Å²) in [7, 11) is 3.23. The van der Waals surface area contributed by atoms with Gasteiger partial charge in [-0.15, -0.1) is 0 Å². The molecule has 1 aliphatic rings. The number of carboxylic acid groups (broad SMARTS) is 1. The summed E-state index contributed by atoms with van der Waals surface area (Å²) in [6.07, 6.45) is 2.77. The summed E-state index contributed by atoms with van der Waals surface area (Å²) in [4.78, 5) is 26.8. The molecule has 0 saturated heterocycles. The monoisotopic (exact) mass is 482 g/mol. The molecule has 2 aromatic carbocycles. The topological polar surface area (TPSA) is 81.0 Å². The number of aromatic nitrogens is 1. The number of carbonyl (C=O) groups excluding carboxylic acids is 1. The van der Waals surface area contributed by atoms with E-state index in [1.807, 2.05) is 29.2 Å². The van der Waals surface area contributed by atoms with Crippen molar-refractivity contribution in [3.05, 3.63) is 65.1 Å². The number of carboxylic acids is 1. The number of aryl methyl sites for hydroxylation is 1. The van der Waals surface area contributed by atoms with Crippen LogP contribution >= 0.6 is 0 Å². The van der Waals surface area contributed by atoms with E-state index in [0.717, 1.165) is 28.0 Å². The molecule has 0 radical (unpaired) electrons. The molecule has 0 bridgehead atoms. The van der Waals surface area contributed by atoms with E-state index in [4.69, 9.17) is 9.47 Å². The van der Waals surface area contributed by atoms with Crippen molar-refractivity contribution in [2.24, 2.45) is 0 Å². The Morgan fingerprint density at radius 1 is 1.20 bits per heavy atom. The van der Waals surface area contributed by atoms with Crippen molar-refractivity contribution in [3.8, 4) is 5.75 Å². The first-order valence-electron chi connectivity index (χ1n) is 11.8. The van der Waals surface area contributed by atoms with Gasteiger partial charge in [0.25, 0.3) is 0 Å². The number of aliphatic carboxylic acids is 1. The zero-order chi connectivity index (χ0) is 24.9. The summed E-state index contributed by atoms with van der Waals surface area (Å²) < 4.78 is 26.6. The summed E-state index contributed by atoms with van der Waals surface area (Å²) in [5.74, 6) is -0.510. The number of hydrogen-bond donors (Lipinski definition) is 1. The molecule has 3 aromatic rings. The van der Waals surface area contributed by atoms with Crippen LogP contribution in [0, 0.1) is 5.82 Å². The lowest BCUT2D eigenvalue weighted by Gasteiger charge is -2.35. The third kappa shape index (κ3) is 5.32. The summed E-state index contributed by atoms with van der Waals surface area (Å²) in [6, 6.07) is 12.1. The van der Waals surface area contributed by atoms with Gasteiger partial charge in [0, 0.05) is 42.7 Å². The van der Waals surface area contributed by atoms with E-state index < -0.39 is 5.97 Å². The fraction of sp³-hybridized carbons (Fsp3) is 0.407. The Labute approximate surface area is 204 Å². The predicted octanol–water partition coefficient (Wildman–Crippen LogP) is 3.84. The molecule has 0 saturated carbocycles. The van der Waals surface area contributed by atoms with Gasteiger partial charge in [0.05, 0.1) is 13.7 Å². The van der Waals surface area contributed by atoms with Crippen LogP contribution in [0.25, 0.3) is 10.9 Å². The quantitative estimate of drug-likeness (QED) is 0.475. The largest absolute Gasteiger partial charge is 0.496 e. The first-order valence-corrected chi connectivity index (χ1v) is 11.8. The number of amides is 1. The lowest BCUT2D eigenvalue weighted by atomic mass is 9.90. The Balaban J connectivity index is 1.59. The van der Waals surface area contributed by atoms with E-state index in [1.165, 1.54) is 12.1 Å². The van der Waals surface area contributed by atoms with Crippen LogP contribution in [0.1, 0.15) is 29.7 Å². The molecule has 7 nitrogen and oxygen atoms in total. The van der Waals surface area contributed by atoms with Crippen LogP contribution in [0.4, 0.5) is 4.39 Å². The Morgan fingerprint density at radius 2 is 2.00 bits per heavy atom. The van der Waals surface area contributed by atoms with Gasteiger partial charge in [-0.1, -0.05) is 18.2 Å².